The Kier molecular flexibility index (Phi) is 6.02. The molecule has 1 aliphatic heterocycles. The standard InChI is InChI=1S/C18H27N3O2/c1-4-20(5-2)18(23)21-12-10-15(11-13-21)17(22)19-16-9-7-6-8-14(16)3/h6-9,15H,4-5,10-13H2,1-3H3,(H,19,22). The van der Waals surface area contributed by atoms with E-state index in [1.165, 1.54) is 0 Å². The van der Waals surface area contributed by atoms with Crippen molar-refractivity contribution >= 4 is 17.6 Å². The molecule has 3 amide bonds. The molecule has 1 aromatic rings. The minimum Gasteiger partial charge on any atom is -0.326 e. The molecule has 1 fully saturated rings. The number of aryl methyl sites for hydroxylation is 1. The minimum absolute atomic E-state index is 0.0182. The molecule has 1 N–H and O–H groups in total. The van der Waals surface area contributed by atoms with Crippen molar-refractivity contribution < 1.29 is 9.59 Å². The van der Waals surface area contributed by atoms with Gasteiger partial charge in [-0.15, -0.1) is 0 Å². The summed E-state index contributed by atoms with van der Waals surface area (Å²) in [6, 6.07) is 7.89. The second-order valence-electron chi connectivity index (χ2n) is 6.02. The largest absolute Gasteiger partial charge is 0.326 e. The van der Waals surface area contributed by atoms with E-state index in [0.717, 1.165) is 37.2 Å². The number of nitrogens with zero attached hydrogens (tertiary/aromatic N) is 2. The molecular weight excluding hydrogens is 290 g/mol. The van der Waals surface area contributed by atoms with Crippen LogP contribution >= 0.6 is 0 Å². The van der Waals surface area contributed by atoms with Gasteiger partial charge in [-0.1, -0.05) is 18.2 Å². The maximum atomic E-state index is 12.4. The number of rotatable bonds is 4. The van der Waals surface area contributed by atoms with Crippen LogP contribution in [-0.4, -0.2) is 47.9 Å². The van der Waals surface area contributed by atoms with E-state index in [1.54, 1.807) is 0 Å². The highest BCUT2D eigenvalue weighted by molar-refractivity contribution is 5.93. The van der Waals surface area contributed by atoms with Crippen LogP contribution in [0.1, 0.15) is 32.3 Å². The first-order valence-corrected chi connectivity index (χ1v) is 8.47. The molecule has 0 unspecified atom stereocenters. The van der Waals surface area contributed by atoms with Gasteiger partial charge in [0.05, 0.1) is 0 Å². The predicted octanol–water partition coefficient (Wildman–Crippen LogP) is 3.11. The summed E-state index contributed by atoms with van der Waals surface area (Å²) in [5.74, 6) is 0.0459. The highest BCUT2D eigenvalue weighted by atomic mass is 16.2. The third-order valence-corrected chi connectivity index (χ3v) is 4.57. The van der Waals surface area contributed by atoms with Gasteiger partial charge in [-0.05, 0) is 45.2 Å². The second kappa shape index (κ2) is 7.99. The summed E-state index contributed by atoms with van der Waals surface area (Å²) in [7, 11) is 0. The molecule has 5 heteroatoms. The van der Waals surface area contributed by atoms with E-state index in [0.29, 0.717) is 13.1 Å². The first-order chi connectivity index (χ1) is 11.1. The number of hydrogen-bond acceptors (Lipinski definition) is 2. The van der Waals surface area contributed by atoms with Crippen LogP contribution in [0, 0.1) is 12.8 Å². The summed E-state index contributed by atoms with van der Waals surface area (Å²) < 4.78 is 0. The van der Waals surface area contributed by atoms with E-state index in [9.17, 15) is 9.59 Å². The van der Waals surface area contributed by atoms with Crippen LogP contribution in [0.4, 0.5) is 10.5 Å². The van der Waals surface area contributed by atoms with Gasteiger partial charge in [-0.25, -0.2) is 4.79 Å². The Labute approximate surface area is 138 Å². The molecule has 5 nitrogen and oxygen atoms in total. The Hall–Kier alpha value is -2.04. The number of carbonyl (C=O) groups excluding carboxylic acids is 2. The molecule has 1 aliphatic rings. The topological polar surface area (TPSA) is 52.7 Å². The van der Waals surface area contributed by atoms with E-state index in [-0.39, 0.29) is 17.9 Å². The zero-order valence-electron chi connectivity index (χ0n) is 14.3. The highest BCUT2D eigenvalue weighted by Gasteiger charge is 2.28. The van der Waals surface area contributed by atoms with Gasteiger partial charge < -0.3 is 15.1 Å². The summed E-state index contributed by atoms with van der Waals surface area (Å²) in [6.45, 7) is 8.73. The van der Waals surface area contributed by atoms with Crippen LogP contribution in [0.2, 0.25) is 0 Å². The minimum atomic E-state index is -0.0182. The monoisotopic (exact) mass is 317 g/mol. The summed E-state index contributed by atoms with van der Waals surface area (Å²) in [5, 5.41) is 3.02. The third kappa shape index (κ3) is 4.24. The van der Waals surface area contributed by atoms with Crippen LogP contribution in [0.5, 0.6) is 0 Å². The van der Waals surface area contributed by atoms with Crippen LogP contribution in [-0.2, 0) is 4.79 Å². The zero-order valence-corrected chi connectivity index (χ0v) is 14.3. The van der Waals surface area contributed by atoms with Crippen molar-refractivity contribution in [3.05, 3.63) is 29.8 Å². The fourth-order valence-electron chi connectivity index (χ4n) is 2.98. The average Bonchev–Trinajstić information content (AvgIpc) is 2.58. The van der Waals surface area contributed by atoms with Gasteiger partial charge in [0.25, 0.3) is 0 Å². The van der Waals surface area contributed by atoms with Crippen molar-refractivity contribution in [1.82, 2.24) is 9.80 Å². The number of carbonyl (C=O) groups is 2. The lowest BCUT2D eigenvalue weighted by molar-refractivity contribution is -0.121. The molecule has 0 spiro atoms. The summed E-state index contributed by atoms with van der Waals surface area (Å²) in [6.07, 6.45) is 1.45. The van der Waals surface area contributed by atoms with Crippen LogP contribution in [0.25, 0.3) is 0 Å². The lowest BCUT2D eigenvalue weighted by atomic mass is 9.96. The smallest absolute Gasteiger partial charge is 0.319 e. The van der Waals surface area contributed by atoms with Crippen molar-refractivity contribution in [2.75, 3.05) is 31.5 Å². The predicted molar refractivity (Wildman–Crippen MR) is 92.4 cm³/mol. The summed E-state index contributed by atoms with van der Waals surface area (Å²) in [4.78, 5) is 28.4. The van der Waals surface area contributed by atoms with E-state index in [2.05, 4.69) is 5.32 Å². The summed E-state index contributed by atoms with van der Waals surface area (Å²) >= 11 is 0. The Bertz CT molecular complexity index is 547. The van der Waals surface area contributed by atoms with Gasteiger partial charge >= 0.3 is 6.03 Å². The highest BCUT2D eigenvalue weighted by Crippen LogP contribution is 2.21. The third-order valence-electron chi connectivity index (χ3n) is 4.57. The molecular formula is C18H27N3O2. The molecule has 23 heavy (non-hydrogen) atoms. The van der Waals surface area contributed by atoms with Gasteiger partial charge in [0.15, 0.2) is 0 Å². The van der Waals surface area contributed by atoms with E-state index in [1.807, 2.05) is 54.8 Å². The second-order valence-corrected chi connectivity index (χ2v) is 6.02. The first-order valence-electron chi connectivity index (χ1n) is 8.47. The lowest BCUT2D eigenvalue weighted by Crippen LogP contribution is -2.47. The number of urea groups is 1. The van der Waals surface area contributed by atoms with Crippen LogP contribution in [0.15, 0.2) is 24.3 Å². The fraction of sp³-hybridized carbons (Fsp3) is 0.556. The lowest BCUT2D eigenvalue weighted by Gasteiger charge is -2.34. The molecule has 1 saturated heterocycles. The van der Waals surface area contributed by atoms with Gasteiger partial charge in [-0.2, -0.15) is 0 Å². The number of amides is 3. The van der Waals surface area contributed by atoms with E-state index in [4.69, 9.17) is 0 Å². The van der Waals surface area contributed by atoms with Gasteiger partial charge in [0, 0.05) is 37.8 Å². The van der Waals surface area contributed by atoms with Crippen molar-refractivity contribution in [1.29, 1.82) is 0 Å². The van der Waals surface area contributed by atoms with Crippen LogP contribution in [0.3, 0.4) is 0 Å². The number of hydrogen-bond donors (Lipinski definition) is 1. The quantitative estimate of drug-likeness (QED) is 0.927. The molecule has 0 radical (unpaired) electrons. The van der Waals surface area contributed by atoms with Gasteiger partial charge in [0.1, 0.15) is 0 Å². The molecule has 0 saturated carbocycles. The molecule has 0 bridgehead atoms. The number of para-hydroxylation sites is 1. The Balaban J connectivity index is 1.88. The first kappa shape index (κ1) is 17.3. The van der Waals surface area contributed by atoms with Crippen LogP contribution < -0.4 is 5.32 Å². The number of anilines is 1. The Morgan fingerprint density at radius 2 is 1.78 bits per heavy atom. The normalized spacial score (nSPS) is 15.3. The molecule has 1 heterocycles. The molecule has 1 aromatic carbocycles. The average molecular weight is 317 g/mol. The molecule has 0 atom stereocenters. The fourth-order valence-corrected chi connectivity index (χ4v) is 2.98. The number of piperidine rings is 1. The van der Waals surface area contributed by atoms with Gasteiger partial charge in [-0.3, -0.25) is 4.79 Å². The maximum absolute atomic E-state index is 12.4. The maximum Gasteiger partial charge on any atom is 0.319 e. The number of nitrogens with one attached hydrogen (secondary N) is 1. The molecule has 0 aromatic heterocycles. The van der Waals surface area contributed by atoms with Crippen molar-refractivity contribution in [2.24, 2.45) is 5.92 Å². The Morgan fingerprint density at radius 3 is 2.35 bits per heavy atom. The summed E-state index contributed by atoms with van der Waals surface area (Å²) in [5.41, 5.74) is 1.94. The van der Waals surface area contributed by atoms with Crippen molar-refractivity contribution in [2.45, 2.75) is 33.6 Å². The molecule has 126 valence electrons. The van der Waals surface area contributed by atoms with E-state index < -0.39 is 0 Å². The number of likely N-dealkylation sites (tertiary alicyclic amines) is 1. The SMILES string of the molecule is CCN(CC)C(=O)N1CCC(C(=O)Nc2ccccc2C)CC1. The molecule has 2 rings (SSSR count). The zero-order chi connectivity index (χ0) is 16.8. The van der Waals surface area contributed by atoms with Gasteiger partial charge in [0.2, 0.25) is 5.91 Å². The van der Waals surface area contributed by atoms with E-state index >= 15 is 0 Å². The van der Waals surface area contributed by atoms with Crippen molar-refractivity contribution in [3.8, 4) is 0 Å². The molecule has 0 aliphatic carbocycles. The number of benzene rings is 1. The van der Waals surface area contributed by atoms with Crippen molar-refractivity contribution in [3.63, 3.8) is 0 Å². The Morgan fingerprint density at radius 1 is 1.17 bits per heavy atom.